The predicted octanol–water partition coefficient (Wildman–Crippen LogP) is 3.08. The Morgan fingerprint density at radius 3 is 3.00 bits per heavy atom. The second-order valence-electron chi connectivity index (χ2n) is 5.47. The molecule has 2 rings (SSSR count). The molecule has 1 N–H and O–H groups in total. The lowest BCUT2D eigenvalue weighted by atomic mass is 9.97. The summed E-state index contributed by atoms with van der Waals surface area (Å²) < 4.78 is 0. The summed E-state index contributed by atoms with van der Waals surface area (Å²) in [5.41, 5.74) is 2.79. The molecule has 1 aliphatic heterocycles. The van der Waals surface area contributed by atoms with Crippen LogP contribution in [0.1, 0.15) is 30.5 Å². The maximum atomic E-state index is 3.76. The van der Waals surface area contributed by atoms with Crippen LogP contribution in [-0.2, 0) is 0 Å². The Morgan fingerprint density at radius 1 is 1.47 bits per heavy atom. The van der Waals surface area contributed by atoms with Crippen LogP contribution in [0.3, 0.4) is 0 Å². The molecular formula is C16H26N2S. The highest BCUT2D eigenvalue weighted by atomic mass is 32.2. The fourth-order valence-electron chi connectivity index (χ4n) is 2.70. The van der Waals surface area contributed by atoms with E-state index in [4.69, 9.17) is 0 Å². The van der Waals surface area contributed by atoms with E-state index in [0.717, 1.165) is 6.54 Å². The summed E-state index contributed by atoms with van der Waals surface area (Å²) in [6.07, 6.45) is 1.19. The van der Waals surface area contributed by atoms with Gasteiger partial charge in [-0.25, -0.2) is 0 Å². The number of thioether (sulfide) groups is 1. The Morgan fingerprint density at radius 2 is 2.32 bits per heavy atom. The van der Waals surface area contributed by atoms with E-state index in [-0.39, 0.29) is 0 Å². The highest BCUT2D eigenvalue weighted by Crippen LogP contribution is 2.27. The second-order valence-corrected chi connectivity index (χ2v) is 6.62. The van der Waals surface area contributed by atoms with Crippen LogP contribution < -0.4 is 5.32 Å². The summed E-state index contributed by atoms with van der Waals surface area (Å²) in [7, 11) is 2.26. The Balaban J connectivity index is 2.19. The van der Waals surface area contributed by atoms with Crippen molar-refractivity contribution in [1.29, 1.82) is 0 Å². The molecule has 19 heavy (non-hydrogen) atoms. The van der Waals surface area contributed by atoms with E-state index in [1.54, 1.807) is 0 Å². The van der Waals surface area contributed by atoms with Gasteiger partial charge in [-0.05, 0) is 32.5 Å². The number of rotatable bonds is 5. The molecule has 3 heteroatoms. The van der Waals surface area contributed by atoms with Crippen molar-refractivity contribution in [3.8, 4) is 0 Å². The normalized spacial score (nSPS) is 22.4. The van der Waals surface area contributed by atoms with Crippen LogP contribution >= 0.6 is 11.8 Å². The number of aryl methyl sites for hydroxylation is 1. The monoisotopic (exact) mass is 278 g/mol. The zero-order chi connectivity index (χ0) is 13.7. The van der Waals surface area contributed by atoms with Gasteiger partial charge in [0.05, 0.1) is 0 Å². The first-order valence-electron chi connectivity index (χ1n) is 7.30. The lowest BCUT2D eigenvalue weighted by Gasteiger charge is -2.38. The zero-order valence-corrected chi connectivity index (χ0v) is 13.2. The number of benzene rings is 1. The van der Waals surface area contributed by atoms with Gasteiger partial charge in [0.25, 0.3) is 0 Å². The highest BCUT2D eigenvalue weighted by Gasteiger charge is 2.28. The number of likely N-dealkylation sites (N-methyl/N-ethyl adjacent to an activating group) is 1. The number of nitrogens with zero attached hydrogens (tertiary/aromatic N) is 1. The zero-order valence-electron chi connectivity index (χ0n) is 12.4. The van der Waals surface area contributed by atoms with Crippen LogP contribution in [0.5, 0.6) is 0 Å². The minimum Gasteiger partial charge on any atom is -0.309 e. The van der Waals surface area contributed by atoms with Crippen molar-refractivity contribution in [1.82, 2.24) is 10.2 Å². The molecule has 1 fully saturated rings. The molecule has 0 aliphatic carbocycles. The maximum Gasteiger partial charge on any atom is 0.0486 e. The Bertz CT molecular complexity index is 394. The highest BCUT2D eigenvalue weighted by molar-refractivity contribution is 7.99. The van der Waals surface area contributed by atoms with Gasteiger partial charge in [0.2, 0.25) is 0 Å². The first-order valence-corrected chi connectivity index (χ1v) is 8.45. The van der Waals surface area contributed by atoms with Gasteiger partial charge in [0, 0.05) is 30.1 Å². The van der Waals surface area contributed by atoms with Crippen molar-refractivity contribution in [2.75, 3.05) is 31.6 Å². The van der Waals surface area contributed by atoms with Crippen LogP contribution in [-0.4, -0.2) is 42.6 Å². The van der Waals surface area contributed by atoms with Crippen LogP contribution in [0.4, 0.5) is 0 Å². The molecule has 0 spiro atoms. The van der Waals surface area contributed by atoms with E-state index in [9.17, 15) is 0 Å². The van der Waals surface area contributed by atoms with E-state index < -0.39 is 0 Å². The lowest BCUT2D eigenvalue weighted by Crippen LogP contribution is -2.48. The fourth-order valence-corrected chi connectivity index (χ4v) is 3.97. The molecule has 2 unspecified atom stereocenters. The average Bonchev–Trinajstić information content (AvgIpc) is 2.41. The van der Waals surface area contributed by atoms with Gasteiger partial charge in [0.15, 0.2) is 0 Å². The smallest absolute Gasteiger partial charge is 0.0486 e. The van der Waals surface area contributed by atoms with Crippen molar-refractivity contribution < 1.29 is 0 Å². The maximum absolute atomic E-state index is 3.76. The van der Waals surface area contributed by atoms with E-state index in [1.165, 1.54) is 35.6 Å². The average molecular weight is 278 g/mol. The molecule has 0 bridgehead atoms. The van der Waals surface area contributed by atoms with E-state index in [2.05, 4.69) is 67.1 Å². The number of hydrogen-bond acceptors (Lipinski definition) is 3. The molecule has 0 radical (unpaired) electrons. The summed E-state index contributed by atoms with van der Waals surface area (Å²) in [4.78, 5) is 2.52. The Kier molecular flexibility index (Phi) is 5.74. The van der Waals surface area contributed by atoms with Crippen LogP contribution in [0, 0.1) is 6.92 Å². The number of nitrogens with one attached hydrogen (secondary N) is 1. The molecule has 1 heterocycles. The van der Waals surface area contributed by atoms with Crippen molar-refractivity contribution in [2.24, 2.45) is 0 Å². The topological polar surface area (TPSA) is 15.3 Å². The molecule has 106 valence electrons. The largest absolute Gasteiger partial charge is 0.309 e. The molecule has 0 aromatic heterocycles. The third kappa shape index (κ3) is 3.98. The summed E-state index contributed by atoms with van der Waals surface area (Å²) in [6, 6.07) is 10.0. The van der Waals surface area contributed by atoms with Crippen LogP contribution in [0.15, 0.2) is 24.3 Å². The molecule has 1 saturated heterocycles. The van der Waals surface area contributed by atoms with Crippen molar-refractivity contribution >= 4 is 11.8 Å². The lowest BCUT2D eigenvalue weighted by molar-refractivity contribution is 0.215. The standard InChI is InChI=1S/C16H26N2S/c1-4-8-17-16(14-7-5-6-13(2)11-14)15-12-19-10-9-18(15)3/h5-7,11,15-17H,4,8-10,12H2,1-3H3. The molecule has 0 saturated carbocycles. The van der Waals surface area contributed by atoms with Gasteiger partial charge in [-0.1, -0.05) is 36.8 Å². The first kappa shape index (κ1) is 14.9. The summed E-state index contributed by atoms with van der Waals surface area (Å²) in [5.74, 6) is 2.49. The van der Waals surface area contributed by atoms with Gasteiger partial charge in [-0.15, -0.1) is 0 Å². The van der Waals surface area contributed by atoms with Gasteiger partial charge in [0.1, 0.15) is 0 Å². The Hall–Kier alpha value is -0.510. The molecule has 0 amide bonds. The van der Waals surface area contributed by atoms with Gasteiger partial charge in [-0.2, -0.15) is 11.8 Å². The minimum absolute atomic E-state index is 0.456. The van der Waals surface area contributed by atoms with Crippen molar-refractivity contribution in [3.63, 3.8) is 0 Å². The minimum atomic E-state index is 0.456. The van der Waals surface area contributed by atoms with E-state index in [1.807, 2.05) is 0 Å². The summed E-state index contributed by atoms with van der Waals surface area (Å²) in [6.45, 7) is 6.71. The molecule has 1 aliphatic rings. The van der Waals surface area contributed by atoms with E-state index in [0.29, 0.717) is 12.1 Å². The van der Waals surface area contributed by atoms with Gasteiger partial charge >= 0.3 is 0 Å². The third-order valence-electron chi connectivity index (χ3n) is 3.84. The van der Waals surface area contributed by atoms with Gasteiger partial charge in [-0.3, -0.25) is 4.90 Å². The van der Waals surface area contributed by atoms with Crippen molar-refractivity contribution in [2.45, 2.75) is 32.4 Å². The van der Waals surface area contributed by atoms with Gasteiger partial charge < -0.3 is 5.32 Å². The molecule has 1 aromatic carbocycles. The van der Waals surface area contributed by atoms with Crippen molar-refractivity contribution in [3.05, 3.63) is 35.4 Å². The molecule has 2 nitrogen and oxygen atoms in total. The SMILES string of the molecule is CCCNC(c1cccc(C)c1)C1CSCCN1C. The predicted molar refractivity (Wildman–Crippen MR) is 86.0 cm³/mol. The first-order chi connectivity index (χ1) is 9.22. The quantitative estimate of drug-likeness (QED) is 0.891. The third-order valence-corrected chi connectivity index (χ3v) is 4.89. The summed E-state index contributed by atoms with van der Waals surface area (Å²) >= 11 is 2.09. The van der Waals surface area contributed by atoms with Crippen LogP contribution in [0.2, 0.25) is 0 Å². The fraction of sp³-hybridized carbons (Fsp3) is 0.625. The Labute approximate surface area is 122 Å². The molecule has 1 aromatic rings. The molecular weight excluding hydrogens is 252 g/mol. The summed E-state index contributed by atoms with van der Waals surface area (Å²) in [5, 5.41) is 3.76. The van der Waals surface area contributed by atoms with Crippen LogP contribution in [0.25, 0.3) is 0 Å². The second kappa shape index (κ2) is 7.32. The molecule has 2 atom stereocenters. The van der Waals surface area contributed by atoms with E-state index >= 15 is 0 Å². The number of hydrogen-bond donors (Lipinski definition) is 1.